The molecule has 0 radical (unpaired) electrons. The molecule has 0 aliphatic carbocycles. The highest BCUT2D eigenvalue weighted by atomic mass is 35.5. The van der Waals surface area contributed by atoms with Crippen LogP contribution in [0.3, 0.4) is 0 Å². The number of imidazole rings is 1. The molecule has 1 aliphatic heterocycles. The van der Waals surface area contributed by atoms with Gasteiger partial charge in [-0.05, 0) is 48.4 Å². The molecule has 0 fully saturated rings. The minimum atomic E-state index is 0. The number of nitriles is 1. The van der Waals surface area contributed by atoms with Crippen molar-refractivity contribution >= 4 is 35.1 Å². The van der Waals surface area contributed by atoms with Gasteiger partial charge in [-0.15, -0.1) is 12.4 Å². The molecule has 0 saturated heterocycles. The van der Waals surface area contributed by atoms with Gasteiger partial charge in [0.25, 0.3) is 0 Å². The number of allylic oxidation sites excluding steroid dienone is 1. The molecular weight excluding hydrogens is 322 g/mol. The zero-order valence-corrected chi connectivity index (χ0v) is 13.9. The molecule has 3 aromatic rings. The Balaban J connectivity index is 0.00000169. The van der Waals surface area contributed by atoms with Crippen LogP contribution in [0.1, 0.15) is 23.9 Å². The number of aromatic nitrogens is 2. The molecule has 4 rings (SSSR count). The molecule has 1 unspecified atom stereocenters. The van der Waals surface area contributed by atoms with Crippen LogP contribution in [0.2, 0.25) is 0 Å². The predicted molar refractivity (Wildman–Crippen MR) is 97.1 cm³/mol. The topological polar surface area (TPSA) is 61.7 Å². The Morgan fingerprint density at radius 3 is 2.96 bits per heavy atom. The Kier molecular flexibility index (Phi) is 4.28. The van der Waals surface area contributed by atoms with Gasteiger partial charge in [-0.25, -0.2) is 4.98 Å². The van der Waals surface area contributed by atoms with Crippen LogP contribution in [0.5, 0.6) is 5.75 Å². The van der Waals surface area contributed by atoms with Crippen molar-refractivity contribution in [3.63, 3.8) is 0 Å². The van der Waals surface area contributed by atoms with Crippen LogP contribution in [-0.2, 0) is 6.42 Å². The van der Waals surface area contributed by atoms with Gasteiger partial charge in [-0.3, -0.25) is 0 Å². The van der Waals surface area contributed by atoms with E-state index in [9.17, 15) is 5.26 Å². The molecule has 2 aromatic carbocycles. The molecule has 1 aliphatic rings. The SMILES string of the molecule is CC1Cc2cc(/C=C(\C#N)c3nc4ccccc4[nH]3)ccc2O1.Cl. The summed E-state index contributed by atoms with van der Waals surface area (Å²) in [5.41, 5.74) is 4.49. The fraction of sp³-hybridized carbons (Fsp3) is 0.158. The third-order valence-corrected chi connectivity index (χ3v) is 4.00. The van der Waals surface area contributed by atoms with Crippen LogP contribution in [0.15, 0.2) is 42.5 Å². The number of hydrogen-bond acceptors (Lipinski definition) is 3. The highest BCUT2D eigenvalue weighted by molar-refractivity contribution is 5.90. The first-order chi connectivity index (χ1) is 11.2. The molecule has 5 heteroatoms. The molecular formula is C19H16ClN3O. The third kappa shape index (κ3) is 2.86. The van der Waals surface area contributed by atoms with E-state index >= 15 is 0 Å². The lowest BCUT2D eigenvalue weighted by Gasteiger charge is -2.02. The summed E-state index contributed by atoms with van der Waals surface area (Å²) in [6.45, 7) is 2.06. The van der Waals surface area contributed by atoms with E-state index in [1.165, 1.54) is 5.56 Å². The van der Waals surface area contributed by atoms with Crippen molar-refractivity contribution in [1.82, 2.24) is 9.97 Å². The quantitative estimate of drug-likeness (QED) is 0.706. The van der Waals surface area contributed by atoms with E-state index < -0.39 is 0 Å². The van der Waals surface area contributed by atoms with E-state index in [2.05, 4.69) is 29.0 Å². The van der Waals surface area contributed by atoms with Gasteiger partial charge in [-0.2, -0.15) is 5.26 Å². The first-order valence-corrected chi connectivity index (χ1v) is 7.59. The lowest BCUT2D eigenvalue weighted by Crippen LogP contribution is -2.05. The molecule has 1 atom stereocenters. The summed E-state index contributed by atoms with van der Waals surface area (Å²) in [5.74, 6) is 1.54. The van der Waals surface area contributed by atoms with Crippen LogP contribution in [0.25, 0.3) is 22.7 Å². The second-order valence-corrected chi connectivity index (χ2v) is 5.77. The number of nitrogens with zero attached hydrogens (tertiary/aromatic N) is 2. The first kappa shape index (κ1) is 16.1. The standard InChI is InChI=1S/C19H15N3O.ClH/c1-12-8-14-9-13(6-7-18(14)23-12)10-15(11-20)19-21-16-4-2-3-5-17(16)22-19;/h2-7,9-10,12H,8H2,1H3,(H,21,22);1H/b15-10+;. The van der Waals surface area contributed by atoms with Crippen LogP contribution in [-0.4, -0.2) is 16.1 Å². The van der Waals surface area contributed by atoms with Crippen molar-refractivity contribution in [2.75, 3.05) is 0 Å². The van der Waals surface area contributed by atoms with Gasteiger partial charge in [0.1, 0.15) is 23.7 Å². The van der Waals surface area contributed by atoms with Gasteiger partial charge < -0.3 is 9.72 Å². The van der Waals surface area contributed by atoms with Crippen LogP contribution in [0.4, 0.5) is 0 Å². The summed E-state index contributed by atoms with van der Waals surface area (Å²) in [6, 6.07) is 16.0. The van der Waals surface area contributed by atoms with E-state index in [1.54, 1.807) is 0 Å². The molecule has 1 aromatic heterocycles. The number of aromatic amines is 1. The largest absolute Gasteiger partial charge is 0.490 e. The van der Waals surface area contributed by atoms with Crippen molar-refractivity contribution in [3.05, 3.63) is 59.4 Å². The maximum absolute atomic E-state index is 9.50. The van der Waals surface area contributed by atoms with E-state index in [0.29, 0.717) is 11.4 Å². The molecule has 0 spiro atoms. The molecule has 2 heterocycles. The van der Waals surface area contributed by atoms with Crippen LogP contribution >= 0.6 is 12.4 Å². The number of H-pyrrole nitrogens is 1. The molecule has 0 amide bonds. The summed E-state index contributed by atoms with van der Waals surface area (Å²) in [7, 11) is 0. The maximum Gasteiger partial charge on any atom is 0.149 e. The number of benzene rings is 2. The van der Waals surface area contributed by atoms with E-state index in [0.717, 1.165) is 28.8 Å². The summed E-state index contributed by atoms with van der Waals surface area (Å²) in [4.78, 5) is 7.69. The zero-order chi connectivity index (χ0) is 15.8. The maximum atomic E-state index is 9.50. The van der Waals surface area contributed by atoms with Crippen molar-refractivity contribution < 1.29 is 4.74 Å². The number of halogens is 1. The summed E-state index contributed by atoms with van der Waals surface area (Å²) < 4.78 is 5.71. The summed E-state index contributed by atoms with van der Waals surface area (Å²) in [5, 5.41) is 9.50. The van der Waals surface area contributed by atoms with Crippen molar-refractivity contribution in [3.8, 4) is 11.8 Å². The Labute approximate surface area is 146 Å². The van der Waals surface area contributed by atoms with Gasteiger partial charge in [0, 0.05) is 6.42 Å². The number of nitrogens with one attached hydrogen (secondary N) is 1. The second-order valence-electron chi connectivity index (χ2n) is 5.77. The second kappa shape index (κ2) is 6.38. The average Bonchev–Trinajstić information content (AvgIpc) is 3.14. The van der Waals surface area contributed by atoms with E-state index in [4.69, 9.17) is 4.74 Å². The van der Waals surface area contributed by atoms with Gasteiger partial charge in [-0.1, -0.05) is 18.2 Å². The summed E-state index contributed by atoms with van der Waals surface area (Å²) in [6.07, 6.45) is 2.99. The van der Waals surface area contributed by atoms with Crippen LogP contribution < -0.4 is 4.74 Å². The molecule has 4 nitrogen and oxygen atoms in total. The zero-order valence-electron chi connectivity index (χ0n) is 13.1. The number of ether oxygens (including phenoxy) is 1. The van der Waals surface area contributed by atoms with Crippen molar-refractivity contribution in [2.24, 2.45) is 0 Å². The minimum absolute atomic E-state index is 0. The molecule has 1 N–H and O–H groups in total. The van der Waals surface area contributed by atoms with Gasteiger partial charge in [0.15, 0.2) is 0 Å². The molecule has 0 saturated carbocycles. The monoisotopic (exact) mass is 337 g/mol. The Morgan fingerprint density at radius 1 is 1.33 bits per heavy atom. The number of hydrogen-bond donors (Lipinski definition) is 1. The van der Waals surface area contributed by atoms with Crippen LogP contribution in [0, 0.1) is 11.3 Å². The van der Waals surface area contributed by atoms with Gasteiger partial charge in [0.05, 0.1) is 16.6 Å². The fourth-order valence-electron chi connectivity index (χ4n) is 2.93. The lowest BCUT2D eigenvalue weighted by molar-refractivity contribution is 0.254. The number of fused-ring (bicyclic) bond motifs is 2. The number of rotatable bonds is 2. The Morgan fingerprint density at radius 2 is 2.17 bits per heavy atom. The third-order valence-electron chi connectivity index (χ3n) is 4.00. The summed E-state index contributed by atoms with van der Waals surface area (Å²) >= 11 is 0. The number of para-hydroxylation sites is 2. The van der Waals surface area contributed by atoms with E-state index in [-0.39, 0.29) is 18.5 Å². The molecule has 120 valence electrons. The average molecular weight is 338 g/mol. The molecule has 0 bridgehead atoms. The van der Waals surface area contributed by atoms with E-state index in [1.807, 2.05) is 42.5 Å². The van der Waals surface area contributed by atoms with Gasteiger partial charge in [0.2, 0.25) is 0 Å². The van der Waals surface area contributed by atoms with Crippen molar-refractivity contribution in [2.45, 2.75) is 19.4 Å². The first-order valence-electron chi connectivity index (χ1n) is 7.59. The molecule has 24 heavy (non-hydrogen) atoms. The normalized spacial score (nSPS) is 16.2. The lowest BCUT2D eigenvalue weighted by atomic mass is 10.0. The highest BCUT2D eigenvalue weighted by Crippen LogP contribution is 2.30. The predicted octanol–water partition coefficient (Wildman–Crippen LogP) is 4.37. The van der Waals surface area contributed by atoms with Crippen molar-refractivity contribution in [1.29, 1.82) is 5.26 Å². The smallest absolute Gasteiger partial charge is 0.149 e. The Bertz CT molecular complexity index is 935. The highest BCUT2D eigenvalue weighted by Gasteiger charge is 2.18. The Hall–Kier alpha value is -2.77. The minimum Gasteiger partial charge on any atom is -0.490 e. The van der Waals surface area contributed by atoms with Gasteiger partial charge >= 0.3 is 0 Å². The fourth-order valence-corrected chi connectivity index (χ4v) is 2.93.